The Morgan fingerprint density at radius 2 is 2.26 bits per heavy atom. The van der Waals surface area contributed by atoms with Crippen molar-refractivity contribution in [3.8, 4) is 0 Å². The standard InChI is InChI=1S/C19H27N5O3/c1-14(13-27-2)24-16(22-15-5-4-9-21-19(15)24)6-3-7-18(26)23-11-8-17(25)20-10-12-23/h4-5,9,14H,3,6-8,10-13H2,1-2H3,(H,20,25)/t14-/m1/s1. The quantitative estimate of drug-likeness (QED) is 0.790. The van der Waals surface area contributed by atoms with E-state index < -0.39 is 0 Å². The van der Waals surface area contributed by atoms with Gasteiger partial charge in [0.25, 0.3) is 0 Å². The Morgan fingerprint density at radius 1 is 1.41 bits per heavy atom. The Bertz CT molecular complexity index is 804. The van der Waals surface area contributed by atoms with Crippen LogP contribution >= 0.6 is 0 Å². The first-order valence-corrected chi connectivity index (χ1v) is 9.45. The third-order valence-corrected chi connectivity index (χ3v) is 4.83. The zero-order chi connectivity index (χ0) is 19.2. The first-order chi connectivity index (χ1) is 13.1. The SMILES string of the molecule is COC[C@@H](C)n1c(CCCC(=O)N2CCNC(=O)CC2)nc2cccnc21. The van der Waals surface area contributed by atoms with Gasteiger partial charge in [0.2, 0.25) is 11.8 Å². The number of carbonyl (C=O) groups is 2. The van der Waals surface area contributed by atoms with Gasteiger partial charge in [-0.2, -0.15) is 0 Å². The molecule has 0 aromatic carbocycles. The van der Waals surface area contributed by atoms with E-state index in [0.29, 0.717) is 51.9 Å². The predicted octanol–water partition coefficient (Wildman–Crippen LogP) is 1.31. The van der Waals surface area contributed by atoms with Crippen LogP contribution in [0.3, 0.4) is 0 Å². The second-order valence-electron chi connectivity index (χ2n) is 6.88. The van der Waals surface area contributed by atoms with Crippen LogP contribution in [-0.2, 0) is 20.7 Å². The molecule has 8 heteroatoms. The van der Waals surface area contributed by atoms with E-state index in [2.05, 4.69) is 21.8 Å². The number of nitrogens with zero attached hydrogens (tertiary/aromatic N) is 4. The van der Waals surface area contributed by atoms with Crippen LogP contribution in [0.5, 0.6) is 0 Å². The summed E-state index contributed by atoms with van der Waals surface area (Å²) in [6.45, 7) is 4.26. The summed E-state index contributed by atoms with van der Waals surface area (Å²) >= 11 is 0. The van der Waals surface area contributed by atoms with E-state index in [1.165, 1.54) is 0 Å². The minimum atomic E-state index is 0.0126. The van der Waals surface area contributed by atoms with Crippen molar-refractivity contribution >= 4 is 23.0 Å². The average molecular weight is 373 g/mol. The van der Waals surface area contributed by atoms with Crippen LogP contribution in [0, 0.1) is 0 Å². The van der Waals surface area contributed by atoms with Crippen molar-refractivity contribution in [3.05, 3.63) is 24.2 Å². The smallest absolute Gasteiger partial charge is 0.222 e. The summed E-state index contributed by atoms with van der Waals surface area (Å²) in [5.41, 5.74) is 1.71. The molecule has 1 fully saturated rings. The van der Waals surface area contributed by atoms with E-state index in [1.807, 2.05) is 12.1 Å². The van der Waals surface area contributed by atoms with Gasteiger partial charge in [0.05, 0.1) is 12.6 Å². The predicted molar refractivity (Wildman–Crippen MR) is 101 cm³/mol. The minimum absolute atomic E-state index is 0.0126. The Kier molecular flexibility index (Phi) is 6.39. The molecule has 27 heavy (non-hydrogen) atoms. The van der Waals surface area contributed by atoms with Crippen LogP contribution < -0.4 is 5.32 Å². The molecule has 1 atom stereocenters. The number of nitrogens with one attached hydrogen (secondary N) is 1. The van der Waals surface area contributed by atoms with Gasteiger partial charge in [0, 0.05) is 52.2 Å². The van der Waals surface area contributed by atoms with Gasteiger partial charge in [-0.15, -0.1) is 0 Å². The van der Waals surface area contributed by atoms with E-state index in [-0.39, 0.29) is 17.9 Å². The molecule has 1 N–H and O–H groups in total. The summed E-state index contributed by atoms with van der Waals surface area (Å²) in [6, 6.07) is 3.94. The van der Waals surface area contributed by atoms with Crippen LogP contribution in [0.15, 0.2) is 18.3 Å². The molecule has 2 aromatic heterocycles. The highest BCUT2D eigenvalue weighted by Gasteiger charge is 2.20. The summed E-state index contributed by atoms with van der Waals surface area (Å²) in [7, 11) is 1.68. The molecule has 1 aliphatic heterocycles. The number of hydrogen-bond donors (Lipinski definition) is 1. The molecule has 0 aliphatic carbocycles. The molecule has 0 bridgehead atoms. The number of carbonyl (C=O) groups excluding carboxylic acids is 2. The van der Waals surface area contributed by atoms with Gasteiger partial charge in [-0.1, -0.05) is 0 Å². The zero-order valence-electron chi connectivity index (χ0n) is 16.0. The molecule has 3 rings (SSSR count). The van der Waals surface area contributed by atoms with Gasteiger partial charge in [0.1, 0.15) is 11.3 Å². The maximum atomic E-state index is 12.5. The lowest BCUT2D eigenvalue weighted by Gasteiger charge is -2.19. The highest BCUT2D eigenvalue weighted by Crippen LogP contribution is 2.21. The number of imidazole rings is 1. The Morgan fingerprint density at radius 3 is 3.07 bits per heavy atom. The molecule has 1 saturated heterocycles. The molecule has 2 amide bonds. The molecule has 8 nitrogen and oxygen atoms in total. The lowest BCUT2D eigenvalue weighted by atomic mass is 10.2. The van der Waals surface area contributed by atoms with Gasteiger partial charge in [-0.05, 0) is 25.5 Å². The second kappa shape index (κ2) is 8.94. The Balaban J connectivity index is 1.65. The van der Waals surface area contributed by atoms with E-state index in [1.54, 1.807) is 18.2 Å². The molecule has 0 saturated carbocycles. The van der Waals surface area contributed by atoms with E-state index >= 15 is 0 Å². The number of pyridine rings is 1. The molecule has 1 aliphatic rings. The molecular weight excluding hydrogens is 346 g/mol. The first-order valence-electron chi connectivity index (χ1n) is 9.45. The number of rotatable bonds is 7. The third-order valence-electron chi connectivity index (χ3n) is 4.83. The van der Waals surface area contributed by atoms with Crippen LogP contribution in [0.4, 0.5) is 0 Å². The molecule has 3 heterocycles. The molecular formula is C19H27N5O3. The fraction of sp³-hybridized carbons (Fsp3) is 0.579. The summed E-state index contributed by atoms with van der Waals surface area (Å²) in [5.74, 6) is 1.03. The number of ether oxygens (including phenoxy) is 1. The van der Waals surface area contributed by atoms with Crippen LogP contribution in [0.1, 0.15) is 38.1 Å². The Labute approximate surface area is 158 Å². The average Bonchev–Trinajstić information content (AvgIpc) is 2.88. The van der Waals surface area contributed by atoms with E-state index in [4.69, 9.17) is 9.72 Å². The highest BCUT2D eigenvalue weighted by atomic mass is 16.5. The minimum Gasteiger partial charge on any atom is -0.383 e. The first kappa shape index (κ1) is 19.3. The summed E-state index contributed by atoms with van der Waals surface area (Å²) in [5, 5.41) is 2.79. The molecule has 0 unspecified atom stereocenters. The van der Waals surface area contributed by atoms with Gasteiger partial charge in [0.15, 0.2) is 5.65 Å². The summed E-state index contributed by atoms with van der Waals surface area (Å²) < 4.78 is 7.41. The Hall–Kier alpha value is -2.48. The van der Waals surface area contributed by atoms with Crippen LogP contribution in [0.25, 0.3) is 11.2 Å². The normalized spacial score (nSPS) is 16.2. The number of hydrogen-bond acceptors (Lipinski definition) is 5. The number of fused-ring (bicyclic) bond motifs is 1. The van der Waals surface area contributed by atoms with E-state index in [9.17, 15) is 9.59 Å². The highest BCUT2D eigenvalue weighted by molar-refractivity contribution is 5.80. The number of methoxy groups -OCH3 is 1. The molecule has 0 radical (unpaired) electrons. The largest absolute Gasteiger partial charge is 0.383 e. The number of amides is 2. The van der Waals surface area contributed by atoms with Crippen molar-refractivity contribution < 1.29 is 14.3 Å². The van der Waals surface area contributed by atoms with Crippen molar-refractivity contribution in [1.82, 2.24) is 24.8 Å². The number of aryl methyl sites for hydroxylation is 1. The molecule has 0 spiro atoms. The lowest BCUT2D eigenvalue weighted by Crippen LogP contribution is -2.34. The topological polar surface area (TPSA) is 89.4 Å². The zero-order valence-corrected chi connectivity index (χ0v) is 16.0. The van der Waals surface area contributed by atoms with Crippen LogP contribution in [-0.4, -0.2) is 64.6 Å². The lowest BCUT2D eigenvalue weighted by molar-refractivity contribution is -0.131. The summed E-state index contributed by atoms with van der Waals surface area (Å²) in [6.07, 6.45) is 3.99. The van der Waals surface area contributed by atoms with Gasteiger partial charge in [-0.25, -0.2) is 9.97 Å². The van der Waals surface area contributed by atoms with Crippen molar-refractivity contribution in [1.29, 1.82) is 0 Å². The van der Waals surface area contributed by atoms with Crippen LogP contribution in [0.2, 0.25) is 0 Å². The van der Waals surface area contributed by atoms with Gasteiger partial charge >= 0.3 is 0 Å². The van der Waals surface area contributed by atoms with Crippen molar-refractivity contribution in [2.45, 2.75) is 38.6 Å². The van der Waals surface area contributed by atoms with Crippen molar-refractivity contribution in [2.24, 2.45) is 0 Å². The number of aromatic nitrogens is 3. The fourth-order valence-corrected chi connectivity index (χ4v) is 3.50. The fourth-order valence-electron chi connectivity index (χ4n) is 3.50. The molecule has 2 aromatic rings. The molecule has 146 valence electrons. The monoisotopic (exact) mass is 373 g/mol. The van der Waals surface area contributed by atoms with Crippen molar-refractivity contribution in [3.63, 3.8) is 0 Å². The van der Waals surface area contributed by atoms with Gasteiger partial charge < -0.3 is 19.5 Å². The maximum absolute atomic E-state index is 12.5. The van der Waals surface area contributed by atoms with E-state index in [0.717, 1.165) is 17.0 Å². The second-order valence-corrected chi connectivity index (χ2v) is 6.88. The third kappa shape index (κ3) is 4.63. The summed E-state index contributed by atoms with van der Waals surface area (Å²) in [4.78, 5) is 34.8. The maximum Gasteiger partial charge on any atom is 0.222 e. The van der Waals surface area contributed by atoms with Gasteiger partial charge in [-0.3, -0.25) is 9.59 Å². The van der Waals surface area contributed by atoms with Crippen molar-refractivity contribution in [2.75, 3.05) is 33.4 Å².